The highest BCUT2D eigenvalue weighted by Crippen LogP contribution is 2.51. The lowest BCUT2D eigenvalue weighted by Gasteiger charge is -2.42. The molecule has 64 heavy (non-hydrogen) atoms. The molecule has 0 atom stereocenters. The van der Waals surface area contributed by atoms with Gasteiger partial charge in [0.25, 0.3) is 0 Å². The molecule has 0 radical (unpaired) electrons. The average molecular weight is 823 g/mol. The van der Waals surface area contributed by atoms with Crippen molar-refractivity contribution in [1.82, 2.24) is 19.1 Å². The Hall–Kier alpha value is -7.56. The van der Waals surface area contributed by atoms with Crippen LogP contribution in [0.15, 0.2) is 182 Å². The van der Waals surface area contributed by atoms with Crippen molar-refractivity contribution in [3.05, 3.63) is 193 Å². The van der Waals surface area contributed by atoms with Crippen LogP contribution in [0.2, 0.25) is 0 Å². The van der Waals surface area contributed by atoms with Crippen LogP contribution >= 0.6 is 0 Å². The van der Waals surface area contributed by atoms with E-state index in [-0.39, 0.29) is 10.8 Å². The van der Waals surface area contributed by atoms with E-state index in [0.717, 1.165) is 68.1 Å². The summed E-state index contributed by atoms with van der Waals surface area (Å²) in [7, 11) is 0. The summed E-state index contributed by atoms with van der Waals surface area (Å²) < 4.78 is 4.87. The number of rotatable bonds is 4. The minimum atomic E-state index is 0.00137. The van der Waals surface area contributed by atoms with Crippen molar-refractivity contribution >= 4 is 76.1 Å². The van der Waals surface area contributed by atoms with Crippen molar-refractivity contribution in [2.45, 2.75) is 51.4 Å². The second-order valence-electron chi connectivity index (χ2n) is 19.2. The monoisotopic (exact) mass is 822 g/mol. The fourth-order valence-electron chi connectivity index (χ4n) is 11.1. The lowest BCUT2D eigenvalue weighted by atomic mass is 9.63. The second-order valence-corrected chi connectivity index (χ2v) is 19.2. The van der Waals surface area contributed by atoms with Gasteiger partial charge in [-0.25, -0.2) is 9.97 Å². The summed E-state index contributed by atoms with van der Waals surface area (Å²) in [6.07, 6.45) is 2.26. The second kappa shape index (κ2) is 13.5. The lowest BCUT2D eigenvalue weighted by molar-refractivity contribution is 0.332. The first kappa shape index (κ1) is 37.0. The van der Waals surface area contributed by atoms with Gasteiger partial charge in [0.05, 0.1) is 33.3 Å². The third kappa shape index (κ3) is 5.35. The number of fused-ring (bicyclic) bond motifs is 13. The summed E-state index contributed by atoms with van der Waals surface area (Å²) in [6, 6.07) is 66.6. The Morgan fingerprint density at radius 1 is 0.406 bits per heavy atom. The summed E-state index contributed by atoms with van der Waals surface area (Å²) in [5.74, 6) is 0.674. The van der Waals surface area contributed by atoms with Crippen LogP contribution in [-0.4, -0.2) is 19.1 Å². The quantitative estimate of drug-likeness (QED) is 0.166. The molecule has 4 heteroatoms. The maximum Gasteiger partial charge on any atom is 0.235 e. The first-order valence-corrected chi connectivity index (χ1v) is 22.6. The number of para-hydroxylation sites is 1. The Morgan fingerprint density at radius 2 is 0.984 bits per heavy atom. The van der Waals surface area contributed by atoms with Crippen LogP contribution in [0.3, 0.4) is 0 Å². The number of nitrogens with zero attached hydrogens (tertiary/aromatic N) is 4. The molecule has 1 aliphatic carbocycles. The van der Waals surface area contributed by atoms with E-state index in [1.807, 2.05) is 0 Å². The highest BCUT2D eigenvalue weighted by atomic mass is 15.2. The van der Waals surface area contributed by atoms with Crippen molar-refractivity contribution in [3.63, 3.8) is 0 Å². The minimum absolute atomic E-state index is 0.00137. The van der Waals surface area contributed by atoms with E-state index in [1.165, 1.54) is 60.0 Å². The minimum Gasteiger partial charge on any atom is -0.309 e. The van der Waals surface area contributed by atoms with Gasteiger partial charge >= 0.3 is 0 Å². The van der Waals surface area contributed by atoms with Gasteiger partial charge in [-0.2, -0.15) is 0 Å². The topological polar surface area (TPSA) is 35.6 Å². The van der Waals surface area contributed by atoms with Crippen molar-refractivity contribution in [1.29, 1.82) is 0 Å². The molecule has 0 saturated heterocycles. The van der Waals surface area contributed by atoms with Gasteiger partial charge in [-0.3, -0.25) is 4.57 Å². The molecule has 12 aromatic rings. The summed E-state index contributed by atoms with van der Waals surface area (Å²) in [4.78, 5) is 11.4. The van der Waals surface area contributed by atoms with Gasteiger partial charge < -0.3 is 4.57 Å². The van der Waals surface area contributed by atoms with Gasteiger partial charge in [-0.1, -0.05) is 161 Å². The molecule has 0 amide bonds. The Morgan fingerprint density at radius 3 is 1.73 bits per heavy atom. The van der Waals surface area contributed by atoms with Crippen molar-refractivity contribution in [2.75, 3.05) is 0 Å². The maximum atomic E-state index is 5.72. The van der Waals surface area contributed by atoms with E-state index in [0.29, 0.717) is 5.95 Å². The zero-order chi connectivity index (χ0) is 42.9. The Balaban J connectivity index is 1.21. The average Bonchev–Trinajstić information content (AvgIpc) is 3.85. The fraction of sp³-hybridized carbons (Fsp3) is 0.133. The highest BCUT2D eigenvalue weighted by Gasteiger charge is 2.38. The molecule has 3 aromatic heterocycles. The standard InChI is InChI=1S/C60H46N4/c1-59(2)32-33-60(3,4)49-36-52-47(35-48(49)59)54-51(31-30-50-53(54)45-28-26-39-19-12-14-25-44(39)57(45)63(50)42-22-9-6-10-23-42)64(52)58-61-55(41-21-15-20-40(34-41)37-16-7-5-8-17-37)46-29-27-38-18-11-13-24-43(38)56(46)62-58/h5-31,34-36H,32-33H2,1-4H3. The molecule has 3 heterocycles. The molecule has 0 unspecified atom stereocenters. The van der Waals surface area contributed by atoms with Crippen molar-refractivity contribution in [3.8, 4) is 34.0 Å². The van der Waals surface area contributed by atoms with Crippen LogP contribution in [0.5, 0.6) is 0 Å². The van der Waals surface area contributed by atoms with Gasteiger partial charge in [-0.05, 0) is 105 Å². The molecule has 0 saturated carbocycles. The molecule has 0 spiro atoms. The fourth-order valence-corrected chi connectivity index (χ4v) is 11.1. The molecule has 0 fully saturated rings. The largest absolute Gasteiger partial charge is 0.309 e. The third-order valence-electron chi connectivity index (χ3n) is 14.6. The van der Waals surface area contributed by atoms with Gasteiger partial charge in [0.15, 0.2) is 0 Å². The van der Waals surface area contributed by atoms with Crippen LogP contribution in [0.25, 0.3) is 110 Å². The lowest BCUT2D eigenvalue weighted by Crippen LogP contribution is -2.33. The summed E-state index contributed by atoms with van der Waals surface area (Å²) in [5, 5.41) is 10.7. The summed E-state index contributed by atoms with van der Waals surface area (Å²) in [6.45, 7) is 9.71. The highest BCUT2D eigenvalue weighted by molar-refractivity contribution is 6.31. The van der Waals surface area contributed by atoms with Crippen LogP contribution in [0, 0.1) is 0 Å². The number of aromatic nitrogens is 4. The zero-order valence-electron chi connectivity index (χ0n) is 36.5. The molecule has 0 aliphatic heterocycles. The first-order valence-electron chi connectivity index (χ1n) is 22.6. The SMILES string of the molecule is CC1(C)CCC(C)(C)c2cc3c(cc21)c1c2c4ccc5ccccc5c4n(-c4ccccc4)c2ccc1n3-c1nc(-c2cccc(-c3ccccc3)c2)c2ccc3ccccc3c2n1. The van der Waals surface area contributed by atoms with E-state index in [4.69, 9.17) is 9.97 Å². The Labute approximate surface area is 372 Å². The van der Waals surface area contributed by atoms with Crippen molar-refractivity contribution < 1.29 is 0 Å². The molecular weight excluding hydrogens is 777 g/mol. The summed E-state index contributed by atoms with van der Waals surface area (Å²) >= 11 is 0. The van der Waals surface area contributed by atoms with E-state index >= 15 is 0 Å². The molecule has 13 rings (SSSR count). The predicted octanol–water partition coefficient (Wildman–Crippen LogP) is 15.8. The summed E-state index contributed by atoms with van der Waals surface area (Å²) in [5.41, 5.74) is 13.9. The smallest absolute Gasteiger partial charge is 0.235 e. The molecule has 0 N–H and O–H groups in total. The van der Waals surface area contributed by atoms with E-state index in [2.05, 4.69) is 219 Å². The van der Waals surface area contributed by atoms with Crippen LogP contribution < -0.4 is 0 Å². The van der Waals surface area contributed by atoms with Crippen LogP contribution in [-0.2, 0) is 10.8 Å². The van der Waals surface area contributed by atoms with E-state index in [9.17, 15) is 0 Å². The Kier molecular flexibility index (Phi) is 7.80. The third-order valence-corrected chi connectivity index (χ3v) is 14.6. The molecule has 0 bridgehead atoms. The molecule has 306 valence electrons. The van der Waals surface area contributed by atoms with Gasteiger partial charge in [0.2, 0.25) is 5.95 Å². The van der Waals surface area contributed by atoms with Gasteiger partial charge in [0, 0.05) is 49.0 Å². The van der Waals surface area contributed by atoms with E-state index < -0.39 is 0 Å². The van der Waals surface area contributed by atoms with Gasteiger partial charge in [0.1, 0.15) is 0 Å². The number of hydrogen-bond donors (Lipinski definition) is 0. The molecule has 9 aromatic carbocycles. The van der Waals surface area contributed by atoms with Gasteiger partial charge in [-0.15, -0.1) is 0 Å². The molecule has 1 aliphatic rings. The molecule has 4 nitrogen and oxygen atoms in total. The Bertz CT molecular complexity index is 3890. The zero-order valence-corrected chi connectivity index (χ0v) is 36.5. The van der Waals surface area contributed by atoms with E-state index in [1.54, 1.807) is 0 Å². The number of hydrogen-bond acceptors (Lipinski definition) is 2. The first-order chi connectivity index (χ1) is 31.2. The molecular formula is C60H46N4. The van der Waals surface area contributed by atoms with Crippen LogP contribution in [0.1, 0.15) is 51.7 Å². The van der Waals surface area contributed by atoms with Crippen LogP contribution in [0.4, 0.5) is 0 Å². The predicted molar refractivity (Wildman–Crippen MR) is 269 cm³/mol. The van der Waals surface area contributed by atoms with Crippen molar-refractivity contribution in [2.24, 2.45) is 0 Å². The number of benzene rings is 9. The normalized spacial score (nSPS) is 14.7. The maximum absolute atomic E-state index is 5.72.